The summed E-state index contributed by atoms with van der Waals surface area (Å²) in [6.07, 6.45) is 0. The highest BCUT2D eigenvalue weighted by Crippen LogP contribution is 2.51. The van der Waals surface area contributed by atoms with Gasteiger partial charge in [-0.15, -0.1) is 0 Å². The van der Waals surface area contributed by atoms with Crippen LogP contribution in [0.2, 0.25) is 0 Å². The van der Waals surface area contributed by atoms with Crippen LogP contribution in [0.4, 0.5) is 17.1 Å². The number of para-hydroxylation sites is 2. The summed E-state index contributed by atoms with van der Waals surface area (Å²) in [4.78, 5) is 2.49. The van der Waals surface area contributed by atoms with Crippen LogP contribution in [0.3, 0.4) is 0 Å². The average molecular weight is 790 g/mol. The molecule has 0 radical (unpaired) electrons. The van der Waals surface area contributed by atoms with Gasteiger partial charge in [0.25, 0.3) is 0 Å². The Kier molecular flexibility index (Phi) is 7.16. The molecular weight excluding hydrogens is 739 g/mol. The van der Waals surface area contributed by atoms with Gasteiger partial charge in [0, 0.05) is 59.9 Å². The fraction of sp³-hybridized carbons (Fsp3) is 0.207. The van der Waals surface area contributed by atoms with E-state index in [4.69, 9.17) is 0 Å². The molecule has 0 bridgehead atoms. The number of hydrogen-bond acceptors (Lipinski definition) is 1. The highest BCUT2D eigenvalue weighted by molar-refractivity contribution is 6.31. The van der Waals surface area contributed by atoms with Crippen LogP contribution in [0.5, 0.6) is 0 Å². The Morgan fingerprint density at radius 3 is 1.30 bits per heavy atom. The number of rotatable bonds is 3. The molecule has 0 aliphatic heterocycles. The Morgan fingerprint density at radius 1 is 0.328 bits per heavy atom. The van der Waals surface area contributed by atoms with E-state index in [1.807, 2.05) is 0 Å². The van der Waals surface area contributed by atoms with Crippen molar-refractivity contribution >= 4 is 104 Å². The van der Waals surface area contributed by atoms with Gasteiger partial charge in [-0.05, 0) is 117 Å². The Bertz CT molecular complexity index is 3690. The third kappa shape index (κ3) is 5.04. The summed E-state index contributed by atoms with van der Waals surface area (Å²) in [5.41, 5.74) is 15.2. The monoisotopic (exact) mass is 789 g/mol. The van der Waals surface area contributed by atoms with E-state index in [1.165, 1.54) is 109 Å². The second-order valence-electron chi connectivity index (χ2n) is 20.7. The first-order valence-corrected chi connectivity index (χ1v) is 21.9. The molecule has 0 unspecified atom stereocenters. The minimum absolute atomic E-state index is 0.0170. The summed E-state index contributed by atoms with van der Waals surface area (Å²) < 4.78 is 5.21. The SMILES string of the molecule is CC(C)(C)c1ccc2c(c1)c1cc(C(C)(C)C)cc3c4cc5c(cc4n2c13)c1cc(C(C)(C)C)cc2c3cc4ccccc4c(N(c4ccccc4)c4ccccc4)c3n5c12. The third-order valence-electron chi connectivity index (χ3n) is 13.7. The van der Waals surface area contributed by atoms with E-state index in [1.54, 1.807) is 0 Å². The molecule has 61 heavy (non-hydrogen) atoms. The molecule has 0 fully saturated rings. The van der Waals surface area contributed by atoms with Crippen LogP contribution < -0.4 is 4.90 Å². The maximum atomic E-state index is 2.63. The number of fused-ring (bicyclic) bond motifs is 13. The molecule has 0 saturated carbocycles. The highest BCUT2D eigenvalue weighted by atomic mass is 15.2. The molecule has 12 aromatic rings. The van der Waals surface area contributed by atoms with Crippen molar-refractivity contribution in [3.05, 3.63) is 162 Å². The first kappa shape index (κ1) is 36.3. The molecule has 0 amide bonds. The molecule has 12 rings (SSSR count). The van der Waals surface area contributed by atoms with Gasteiger partial charge in [0.1, 0.15) is 0 Å². The van der Waals surface area contributed by atoms with Gasteiger partial charge in [-0.25, -0.2) is 0 Å². The molecule has 0 N–H and O–H groups in total. The van der Waals surface area contributed by atoms with Crippen LogP contribution in [0.25, 0.3) is 87.0 Å². The summed E-state index contributed by atoms with van der Waals surface area (Å²) in [5, 5.41) is 13.0. The fourth-order valence-electron chi connectivity index (χ4n) is 10.5. The first-order chi connectivity index (χ1) is 29.2. The number of anilines is 3. The maximum absolute atomic E-state index is 2.63. The molecule has 298 valence electrons. The zero-order chi connectivity index (χ0) is 41.9. The molecule has 0 atom stereocenters. The van der Waals surface area contributed by atoms with Crippen molar-refractivity contribution in [3.63, 3.8) is 0 Å². The van der Waals surface area contributed by atoms with Crippen molar-refractivity contribution in [1.29, 1.82) is 0 Å². The van der Waals surface area contributed by atoms with Gasteiger partial charge in [0.05, 0.1) is 38.8 Å². The summed E-state index contributed by atoms with van der Waals surface area (Å²) in [6.45, 7) is 21.1. The second-order valence-corrected chi connectivity index (χ2v) is 20.7. The molecule has 4 heterocycles. The fourth-order valence-corrected chi connectivity index (χ4v) is 10.5. The van der Waals surface area contributed by atoms with Gasteiger partial charge in [-0.1, -0.05) is 129 Å². The van der Waals surface area contributed by atoms with Gasteiger partial charge in [0.15, 0.2) is 0 Å². The topological polar surface area (TPSA) is 12.1 Å². The molecule has 0 saturated heterocycles. The molecule has 0 aliphatic carbocycles. The minimum atomic E-state index is -0.0501. The minimum Gasteiger partial charge on any atom is -0.308 e. The van der Waals surface area contributed by atoms with Crippen molar-refractivity contribution in [2.45, 2.75) is 78.6 Å². The van der Waals surface area contributed by atoms with Gasteiger partial charge in [-0.3, -0.25) is 0 Å². The van der Waals surface area contributed by atoms with Crippen LogP contribution in [-0.2, 0) is 16.2 Å². The van der Waals surface area contributed by atoms with Crippen LogP contribution in [-0.4, -0.2) is 8.80 Å². The quantitative estimate of drug-likeness (QED) is 0.174. The van der Waals surface area contributed by atoms with Gasteiger partial charge >= 0.3 is 0 Å². The lowest BCUT2D eigenvalue weighted by atomic mass is 9.84. The van der Waals surface area contributed by atoms with E-state index in [0.717, 1.165) is 11.4 Å². The summed E-state index contributed by atoms with van der Waals surface area (Å²) in [5.74, 6) is 0. The molecule has 8 aromatic carbocycles. The Balaban J connectivity index is 1.32. The van der Waals surface area contributed by atoms with Crippen LogP contribution in [0.15, 0.2) is 146 Å². The smallest absolute Gasteiger partial charge is 0.0789 e. The van der Waals surface area contributed by atoms with Gasteiger partial charge in [0.2, 0.25) is 0 Å². The summed E-state index contributed by atoms with van der Waals surface area (Å²) in [7, 11) is 0. The van der Waals surface area contributed by atoms with Crippen molar-refractivity contribution < 1.29 is 0 Å². The zero-order valence-electron chi connectivity index (χ0n) is 36.7. The van der Waals surface area contributed by atoms with Gasteiger partial charge in [-0.2, -0.15) is 0 Å². The normalized spacial score (nSPS) is 13.3. The second kappa shape index (κ2) is 12.0. The Hall–Kier alpha value is -6.58. The first-order valence-electron chi connectivity index (χ1n) is 21.9. The van der Waals surface area contributed by atoms with Crippen molar-refractivity contribution in [3.8, 4) is 0 Å². The highest BCUT2D eigenvalue weighted by Gasteiger charge is 2.30. The van der Waals surface area contributed by atoms with Crippen LogP contribution in [0.1, 0.15) is 79.0 Å². The van der Waals surface area contributed by atoms with Crippen LogP contribution >= 0.6 is 0 Å². The molecule has 3 heteroatoms. The number of benzene rings is 8. The zero-order valence-corrected chi connectivity index (χ0v) is 36.7. The molecule has 0 aliphatic rings. The summed E-state index contributed by atoms with van der Waals surface area (Å²) >= 11 is 0. The van der Waals surface area contributed by atoms with Gasteiger partial charge < -0.3 is 13.7 Å². The van der Waals surface area contributed by atoms with E-state index >= 15 is 0 Å². The van der Waals surface area contributed by atoms with E-state index < -0.39 is 0 Å². The van der Waals surface area contributed by atoms with E-state index in [-0.39, 0.29) is 16.2 Å². The lowest BCUT2D eigenvalue weighted by Gasteiger charge is -2.28. The lowest BCUT2D eigenvalue weighted by Crippen LogP contribution is -2.11. The van der Waals surface area contributed by atoms with Crippen molar-refractivity contribution in [2.75, 3.05) is 4.90 Å². The standard InChI is InChI=1S/C58H51N3/c1-56(2,3)35-24-25-49-41(27-35)45-28-36(57(4,5)6)29-46-42-33-51-43(32-50(42)60(49)52(45)46)47-30-37(58(7,8)9)31-48-44-26-34-18-16-17-23-40(34)54(55(44)61(51)53(47)48)59(38-19-12-10-13-20-38)39-21-14-11-15-22-39/h10-33H,1-9H3. The Morgan fingerprint density at radius 2 is 0.754 bits per heavy atom. The average Bonchev–Trinajstić information content (AvgIpc) is 3.95. The maximum Gasteiger partial charge on any atom is 0.0789 e. The van der Waals surface area contributed by atoms with E-state index in [0.29, 0.717) is 0 Å². The predicted octanol–water partition coefficient (Wildman–Crippen LogP) is 16.5. The largest absolute Gasteiger partial charge is 0.308 e. The van der Waals surface area contributed by atoms with Crippen LogP contribution in [0, 0.1) is 0 Å². The number of aromatic nitrogens is 2. The Labute approximate surface area is 357 Å². The van der Waals surface area contributed by atoms with Crippen molar-refractivity contribution in [1.82, 2.24) is 8.80 Å². The molecular formula is C58H51N3. The predicted molar refractivity (Wildman–Crippen MR) is 264 cm³/mol. The number of hydrogen-bond donors (Lipinski definition) is 0. The molecule has 0 spiro atoms. The molecule has 3 nitrogen and oxygen atoms in total. The third-order valence-corrected chi connectivity index (χ3v) is 13.7. The molecule has 4 aromatic heterocycles. The van der Waals surface area contributed by atoms with E-state index in [2.05, 4.69) is 222 Å². The summed E-state index contributed by atoms with van der Waals surface area (Å²) in [6, 6.07) is 55.5. The van der Waals surface area contributed by atoms with Crippen molar-refractivity contribution in [2.24, 2.45) is 0 Å². The lowest BCUT2D eigenvalue weighted by molar-refractivity contribution is 0.590. The number of nitrogens with zero attached hydrogens (tertiary/aromatic N) is 3. The van der Waals surface area contributed by atoms with E-state index in [9.17, 15) is 0 Å².